The Labute approximate surface area is 88.1 Å². The number of rotatable bonds is 3. The molecule has 96 valence electrons. The Hall–Kier alpha value is -0.900. The highest BCUT2D eigenvalue weighted by Gasteiger charge is 2.72. The fraction of sp³-hybridized carbons (Fsp3) is 0.833. The summed E-state index contributed by atoms with van der Waals surface area (Å²) >= 11 is 0. The molecule has 1 unspecified atom stereocenters. The maximum Gasteiger partial charge on any atom is 0.451 e. The van der Waals surface area contributed by atoms with Crippen LogP contribution in [0.25, 0.3) is 0 Å². The van der Waals surface area contributed by atoms with Crippen LogP contribution in [0.15, 0.2) is 0 Å². The van der Waals surface area contributed by atoms with E-state index in [4.69, 9.17) is 4.55 Å². The van der Waals surface area contributed by atoms with Crippen LogP contribution in [0.1, 0.15) is 13.8 Å². The van der Waals surface area contributed by atoms with Gasteiger partial charge < -0.3 is 4.74 Å². The van der Waals surface area contributed by atoms with E-state index in [0.29, 0.717) is 0 Å². The fourth-order valence-electron chi connectivity index (χ4n) is 0.657. The molecule has 0 aromatic heterocycles. The first-order chi connectivity index (χ1) is 6.84. The number of carbonyl (C=O) groups excluding carboxylic acids is 1. The van der Waals surface area contributed by atoms with Gasteiger partial charge in [-0.25, -0.2) is 9.18 Å². The number of esters is 1. The van der Waals surface area contributed by atoms with Gasteiger partial charge in [-0.3, -0.25) is 4.55 Å². The summed E-state index contributed by atoms with van der Waals surface area (Å²) in [5, 5.41) is -5.47. The van der Waals surface area contributed by atoms with Crippen molar-refractivity contribution in [3.8, 4) is 0 Å². The molecule has 0 saturated heterocycles. The Kier molecular flexibility index (Phi) is 3.93. The van der Waals surface area contributed by atoms with Crippen molar-refractivity contribution in [3.63, 3.8) is 0 Å². The van der Waals surface area contributed by atoms with Gasteiger partial charge in [-0.15, -0.1) is 0 Å². The standard InChI is InChI=1S/C6H8F4O5S/c1-3(2)15-4(11)5(7,6(8,9)10)16(12,13)14/h3H,1-2H3,(H,12,13,14). The lowest BCUT2D eigenvalue weighted by atomic mass is 10.3. The molecule has 0 aromatic carbocycles. The molecule has 16 heavy (non-hydrogen) atoms. The zero-order valence-corrected chi connectivity index (χ0v) is 8.89. The van der Waals surface area contributed by atoms with Crippen molar-refractivity contribution in [1.29, 1.82) is 0 Å². The monoisotopic (exact) mass is 268 g/mol. The first-order valence-electron chi connectivity index (χ1n) is 3.77. The van der Waals surface area contributed by atoms with E-state index in [0.717, 1.165) is 13.8 Å². The molecule has 0 aromatic rings. The highest BCUT2D eigenvalue weighted by atomic mass is 32.2. The molecular formula is C6H8F4O5S. The van der Waals surface area contributed by atoms with Crippen molar-refractivity contribution >= 4 is 16.1 Å². The number of alkyl halides is 4. The Bertz CT molecular complexity index is 373. The number of carbonyl (C=O) groups is 1. The molecular weight excluding hydrogens is 260 g/mol. The minimum atomic E-state index is -6.33. The highest BCUT2D eigenvalue weighted by Crippen LogP contribution is 2.39. The zero-order chi connectivity index (χ0) is 13.4. The van der Waals surface area contributed by atoms with Gasteiger partial charge in [0.25, 0.3) is 0 Å². The van der Waals surface area contributed by atoms with Crippen molar-refractivity contribution in [2.75, 3.05) is 0 Å². The molecule has 0 aliphatic rings. The molecule has 0 radical (unpaired) electrons. The van der Waals surface area contributed by atoms with Crippen LogP contribution in [0.3, 0.4) is 0 Å². The Balaban J connectivity index is 5.55. The van der Waals surface area contributed by atoms with Crippen LogP contribution in [-0.2, 0) is 19.6 Å². The molecule has 10 heteroatoms. The Morgan fingerprint density at radius 2 is 1.62 bits per heavy atom. The molecule has 0 fully saturated rings. The van der Waals surface area contributed by atoms with E-state index in [1.54, 1.807) is 0 Å². The molecule has 0 rings (SSSR count). The lowest BCUT2D eigenvalue weighted by molar-refractivity contribution is -0.217. The van der Waals surface area contributed by atoms with Gasteiger partial charge in [0.05, 0.1) is 6.10 Å². The molecule has 5 nitrogen and oxygen atoms in total. The Morgan fingerprint density at radius 1 is 1.25 bits per heavy atom. The Morgan fingerprint density at radius 3 is 1.81 bits per heavy atom. The van der Waals surface area contributed by atoms with Gasteiger partial charge >= 0.3 is 27.3 Å². The van der Waals surface area contributed by atoms with Crippen LogP contribution in [-0.4, -0.2) is 36.2 Å². The van der Waals surface area contributed by atoms with E-state index in [9.17, 15) is 30.8 Å². The van der Waals surface area contributed by atoms with Crippen LogP contribution in [0.5, 0.6) is 0 Å². The number of halogens is 4. The molecule has 0 spiro atoms. The van der Waals surface area contributed by atoms with Crippen LogP contribution >= 0.6 is 0 Å². The SMILES string of the molecule is CC(C)OC(=O)C(F)(C(F)(F)F)S(=O)(=O)O. The lowest BCUT2D eigenvalue weighted by Crippen LogP contribution is -2.55. The van der Waals surface area contributed by atoms with Gasteiger partial charge in [0.2, 0.25) is 0 Å². The summed E-state index contributed by atoms with van der Waals surface area (Å²) in [5.41, 5.74) is 0. The molecule has 0 aliphatic heterocycles. The summed E-state index contributed by atoms with van der Waals surface area (Å²) in [6.07, 6.45) is -7.31. The molecule has 0 heterocycles. The summed E-state index contributed by atoms with van der Waals surface area (Å²) < 4.78 is 81.9. The van der Waals surface area contributed by atoms with Gasteiger partial charge in [0.15, 0.2) is 0 Å². The predicted molar refractivity (Wildman–Crippen MR) is 42.7 cm³/mol. The van der Waals surface area contributed by atoms with Gasteiger partial charge in [0.1, 0.15) is 0 Å². The normalized spacial score (nSPS) is 17.0. The summed E-state index contributed by atoms with van der Waals surface area (Å²) in [7, 11) is -6.33. The maximum absolute atomic E-state index is 13.1. The van der Waals surface area contributed by atoms with Gasteiger partial charge in [-0.05, 0) is 13.8 Å². The van der Waals surface area contributed by atoms with Gasteiger partial charge in [-0.2, -0.15) is 21.6 Å². The smallest absolute Gasteiger partial charge is 0.451 e. The molecule has 0 saturated carbocycles. The third-order valence-corrected chi connectivity index (χ3v) is 2.43. The summed E-state index contributed by atoms with van der Waals surface area (Å²) in [4.78, 5) is 10.7. The van der Waals surface area contributed by atoms with E-state index < -0.39 is 33.4 Å². The fourth-order valence-corrected chi connectivity index (χ4v) is 1.21. The summed E-state index contributed by atoms with van der Waals surface area (Å²) in [5.74, 6) is -2.72. The summed E-state index contributed by atoms with van der Waals surface area (Å²) in [6.45, 7) is 2.16. The van der Waals surface area contributed by atoms with Gasteiger partial charge in [0, 0.05) is 0 Å². The van der Waals surface area contributed by atoms with Crippen molar-refractivity contribution in [1.82, 2.24) is 0 Å². The second-order valence-electron chi connectivity index (χ2n) is 3.02. The maximum atomic E-state index is 13.1. The number of ether oxygens (including phenoxy) is 1. The lowest BCUT2D eigenvalue weighted by Gasteiger charge is -2.23. The third kappa shape index (κ3) is 2.61. The number of hydrogen-bond donors (Lipinski definition) is 1. The minimum absolute atomic E-state index is 1.08. The first kappa shape index (κ1) is 15.1. The molecule has 1 N–H and O–H groups in total. The van der Waals surface area contributed by atoms with Crippen molar-refractivity contribution in [2.24, 2.45) is 0 Å². The van der Waals surface area contributed by atoms with Gasteiger partial charge in [-0.1, -0.05) is 0 Å². The van der Waals surface area contributed by atoms with Crippen LogP contribution < -0.4 is 0 Å². The van der Waals surface area contributed by atoms with Crippen LogP contribution in [0.4, 0.5) is 17.6 Å². The van der Waals surface area contributed by atoms with E-state index in [2.05, 4.69) is 4.74 Å². The van der Waals surface area contributed by atoms with E-state index in [-0.39, 0.29) is 0 Å². The average molecular weight is 268 g/mol. The van der Waals surface area contributed by atoms with Crippen molar-refractivity contribution in [3.05, 3.63) is 0 Å². The summed E-state index contributed by atoms with van der Waals surface area (Å²) in [6, 6.07) is 0. The van der Waals surface area contributed by atoms with E-state index in [1.165, 1.54) is 0 Å². The van der Waals surface area contributed by atoms with Crippen LogP contribution in [0.2, 0.25) is 0 Å². The molecule has 0 bridgehead atoms. The van der Waals surface area contributed by atoms with Crippen molar-refractivity contribution < 1.29 is 40.1 Å². The minimum Gasteiger partial charge on any atom is -0.459 e. The first-order valence-corrected chi connectivity index (χ1v) is 5.21. The largest absolute Gasteiger partial charge is 0.459 e. The quantitative estimate of drug-likeness (QED) is 0.470. The molecule has 0 aliphatic carbocycles. The zero-order valence-electron chi connectivity index (χ0n) is 8.08. The topological polar surface area (TPSA) is 80.7 Å². The van der Waals surface area contributed by atoms with E-state index in [1.807, 2.05) is 0 Å². The van der Waals surface area contributed by atoms with Crippen molar-refractivity contribution in [2.45, 2.75) is 31.1 Å². The predicted octanol–water partition coefficient (Wildman–Crippen LogP) is 1.05. The average Bonchev–Trinajstić information content (AvgIpc) is 1.96. The van der Waals surface area contributed by atoms with E-state index >= 15 is 0 Å². The third-order valence-electron chi connectivity index (χ3n) is 1.33. The highest BCUT2D eigenvalue weighted by molar-refractivity contribution is 7.88. The molecule has 1 atom stereocenters. The molecule has 0 amide bonds. The van der Waals surface area contributed by atoms with Crippen LogP contribution in [0, 0.1) is 0 Å². The second kappa shape index (κ2) is 4.17. The number of hydrogen-bond acceptors (Lipinski definition) is 4. The second-order valence-corrected chi connectivity index (χ2v) is 4.53.